The second-order valence-corrected chi connectivity index (χ2v) is 10.1. The summed E-state index contributed by atoms with van der Waals surface area (Å²) in [4.78, 5) is 17.9. The molecule has 5 nitrogen and oxygen atoms in total. The Balaban J connectivity index is 1.24. The summed E-state index contributed by atoms with van der Waals surface area (Å²) in [5, 5.41) is 12.2. The van der Waals surface area contributed by atoms with E-state index in [0.29, 0.717) is 16.0 Å². The van der Waals surface area contributed by atoms with Crippen LogP contribution in [0.15, 0.2) is 93.6 Å². The standard InChI is InChI=1S/C24H19BrN4OS3/c25-17-8-6-16(7-9-17)21-14-33-24(28-21)29-22(30)15-32-20-12-10-19(11-13-20)27-23(31)26-18-4-2-1-3-5-18/h1-14H,15H2,(H2,26,27,31)(H,28,29,30). The van der Waals surface area contributed by atoms with Crippen molar-refractivity contribution in [2.24, 2.45) is 0 Å². The maximum Gasteiger partial charge on any atom is 0.236 e. The first-order valence-electron chi connectivity index (χ1n) is 9.92. The van der Waals surface area contributed by atoms with Gasteiger partial charge in [0.05, 0.1) is 11.4 Å². The van der Waals surface area contributed by atoms with Crippen LogP contribution in [0.5, 0.6) is 0 Å². The number of halogens is 1. The number of amides is 1. The van der Waals surface area contributed by atoms with Gasteiger partial charge in [-0.3, -0.25) is 4.79 Å². The van der Waals surface area contributed by atoms with Gasteiger partial charge < -0.3 is 16.0 Å². The van der Waals surface area contributed by atoms with Crippen LogP contribution in [0.4, 0.5) is 16.5 Å². The molecule has 0 aliphatic rings. The van der Waals surface area contributed by atoms with Gasteiger partial charge in [-0.1, -0.05) is 46.3 Å². The molecule has 166 valence electrons. The van der Waals surface area contributed by atoms with Crippen molar-refractivity contribution in [2.45, 2.75) is 4.90 Å². The zero-order valence-electron chi connectivity index (χ0n) is 17.2. The minimum Gasteiger partial charge on any atom is -0.332 e. The predicted molar refractivity (Wildman–Crippen MR) is 147 cm³/mol. The number of anilines is 3. The molecule has 4 rings (SSSR count). The summed E-state index contributed by atoms with van der Waals surface area (Å²) in [5.74, 6) is 0.209. The normalized spacial score (nSPS) is 10.5. The van der Waals surface area contributed by atoms with E-state index in [1.54, 1.807) is 0 Å². The highest BCUT2D eigenvalue weighted by Gasteiger charge is 2.09. The van der Waals surface area contributed by atoms with Crippen LogP contribution in [0.25, 0.3) is 11.3 Å². The molecule has 0 unspecified atom stereocenters. The summed E-state index contributed by atoms with van der Waals surface area (Å²) >= 11 is 11.7. The zero-order valence-corrected chi connectivity index (χ0v) is 21.3. The molecule has 0 aliphatic heterocycles. The van der Waals surface area contributed by atoms with Crippen molar-refractivity contribution < 1.29 is 4.79 Å². The monoisotopic (exact) mass is 554 g/mol. The number of thioether (sulfide) groups is 1. The molecule has 1 heterocycles. The molecule has 3 aromatic carbocycles. The number of aromatic nitrogens is 1. The fourth-order valence-corrected chi connectivity index (χ4v) is 4.77. The number of para-hydroxylation sites is 1. The van der Waals surface area contributed by atoms with Crippen LogP contribution in [0.1, 0.15) is 0 Å². The molecule has 0 spiro atoms. The first-order chi connectivity index (χ1) is 16.0. The summed E-state index contributed by atoms with van der Waals surface area (Å²) in [5.41, 5.74) is 3.66. The topological polar surface area (TPSA) is 66.1 Å². The Morgan fingerprint density at radius 3 is 2.27 bits per heavy atom. The van der Waals surface area contributed by atoms with Crippen LogP contribution in [0, 0.1) is 0 Å². The minimum absolute atomic E-state index is 0.0906. The third-order valence-electron chi connectivity index (χ3n) is 4.40. The number of thiocarbonyl (C=S) groups is 1. The van der Waals surface area contributed by atoms with Gasteiger partial charge in [0.25, 0.3) is 0 Å². The molecule has 3 N–H and O–H groups in total. The maximum atomic E-state index is 12.4. The quantitative estimate of drug-likeness (QED) is 0.167. The summed E-state index contributed by atoms with van der Waals surface area (Å²) < 4.78 is 1.02. The predicted octanol–water partition coefficient (Wildman–Crippen LogP) is 7.11. The highest BCUT2D eigenvalue weighted by atomic mass is 79.9. The summed E-state index contributed by atoms with van der Waals surface area (Å²) in [6, 6.07) is 25.5. The molecule has 0 radical (unpaired) electrons. The van der Waals surface area contributed by atoms with E-state index in [4.69, 9.17) is 12.2 Å². The van der Waals surface area contributed by atoms with Crippen molar-refractivity contribution in [1.82, 2.24) is 4.98 Å². The van der Waals surface area contributed by atoms with Crippen molar-refractivity contribution in [3.05, 3.63) is 88.7 Å². The Bertz CT molecular complexity index is 1230. The van der Waals surface area contributed by atoms with Gasteiger partial charge in [0.2, 0.25) is 5.91 Å². The number of nitrogens with one attached hydrogen (secondary N) is 3. The molecule has 4 aromatic rings. The fraction of sp³-hybridized carbons (Fsp3) is 0.0417. The molecule has 0 saturated carbocycles. The lowest BCUT2D eigenvalue weighted by Crippen LogP contribution is -2.18. The van der Waals surface area contributed by atoms with Crippen molar-refractivity contribution >= 4 is 78.8 Å². The summed E-state index contributed by atoms with van der Waals surface area (Å²) in [6.07, 6.45) is 0. The maximum absolute atomic E-state index is 12.4. The van der Waals surface area contributed by atoms with Gasteiger partial charge in [0, 0.05) is 31.7 Å². The van der Waals surface area contributed by atoms with E-state index in [1.807, 2.05) is 84.2 Å². The molecular formula is C24H19BrN4OS3. The Morgan fingerprint density at radius 1 is 0.909 bits per heavy atom. The molecule has 33 heavy (non-hydrogen) atoms. The van der Waals surface area contributed by atoms with Gasteiger partial charge >= 0.3 is 0 Å². The number of carbonyl (C=O) groups is 1. The van der Waals surface area contributed by atoms with E-state index in [2.05, 4.69) is 36.9 Å². The lowest BCUT2D eigenvalue weighted by atomic mass is 10.2. The van der Waals surface area contributed by atoms with E-state index in [-0.39, 0.29) is 5.91 Å². The molecular weight excluding hydrogens is 536 g/mol. The van der Waals surface area contributed by atoms with Crippen LogP contribution in [0.3, 0.4) is 0 Å². The van der Waals surface area contributed by atoms with Crippen molar-refractivity contribution in [3.8, 4) is 11.3 Å². The van der Waals surface area contributed by atoms with Gasteiger partial charge in [0.1, 0.15) is 0 Å². The highest BCUT2D eigenvalue weighted by Crippen LogP contribution is 2.27. The van der Waals surface area contributed by atoms with Crippen LogP contribution < -0.4 is 16.0 Å². The fourth-order valence-electron chi connectivity index (χ4n) is 2.84. The lowest BCUT2D eigenvalue weighted by Gasteiger charge is -2.11. The Kier molecular flexibility index (Phi) is 8.11. The van der Waals surface area contributed by atoms with Crippen molar-refractivity contribution in [1.29, 1.82) is 0 Å². The largest absolute Gasteiger partial charge is 0.332 e. The molecule has 0 aliphatic carbocycles. The molecule has 0 saturated heterocycles. The number of benzene rings is 3. The van der Waals surface area contributed by atoms with E-state index < -0.39 is 0 Å². The van der Waals surface area contributed by atoms with E-state index in [0.717, 1.165) is 32.0 Å². The van der Waals surface area contributed by atoms with Gasteiger partial charge in [-0.2, -0.15) is 0 Å². The first kappa shape index (κ1) is 23.4. The second kappa shape index (κ2) is 11.4. The molecule has 0 fully saturated rings. The van der Waals surface area contributed by atoms with Gasteiger partial charge in [-0.15, -0.1) is 23.1 Å². The average molecular weight is 556 g/mol. The van der Waals surface area contributed by atoms with E-state index in [1.165, 1.54) is 23.1 Å². The third kappa shape index (κ3) is 7.13. The number of thiazole rings is 1. The minimum atomic E-state index is -0.0906. The van der Waals surface area contributed by atoms with Crippen LogP contribution in [0.2, 0.25) is 0 Å². The van der Waals surface area contributed by atoms with Crippen LogP contribution in [-0.2, 0) is 4.79 Å². The molecule has 0 bridgehead atoms. The Hall–Kier alpha value is -2.72. The smallest absolute Gasteiger partial charge is 0.236 e. The number of hydrogen-bond acceptors (Lipinski definition) is 5. The zero-order chi connectivity index (χ0) is 23.0. The molecule has 0 atom stereocenters. The summed E-state index contributed by atoms with van der Waals surface area (Å²) in [6.45, 7) is 0. The second-order valence-electron chi connectivity index (χ2n) is 6.85. The third-order valence-corrected chi connectivity index (χ3v) is 6.91. The molecule has 1 aromatic heterocycles. The SMILES string of the molecule is O=C(CSc1ccc(NC(=S)Nc2ccccc2)cc1)Nc1nc(-c2ccc(Br)cc2)cs1. The average Bonchev–Trinajstić information content (AvgIpc) is 3.28. The number of nitrogens with zero attached hydrogens (tertiary/aromatic N) is 1. The van der Waals surface area contributed by atoms with Crippen molar-refractivity contribution in [2.75, 3.05) is 21.7 Å². The first-order valence-corrected chi connectivity index (χ1v) is 13.0. The molecule has 1 amide bonds. The number of hydrogen-bond donors (Lipinski definition) is 3. The summed E-state index contributed by atoms with van der Waals surface area (Å²) in [7, 11) is 0. The van der Waals surface area contributed by atoms with E-state index >= 15 is 0 Å². The highest BCUT2D eigenvalue weighted by molar-refractivity contribution is 9.10. The molecule has 9 heteroatoms. The Morgan fingerprint density at radius 2 is 1.58 bits per heavy atom. The lowest BCUT2D eigenvalue weighted by molar-refractivity contribution is -0.113. The van der Waals surface area contributed by atoms with Gasteiger partial charge in [-0.25, -0.2) is 4.98 Å². The van der Waals surface area contributed by atoms with Crippen LogP contribution in [-0.4, -0.2) is 21.8 Å². The Labute approximate surface area is 214 Å². The van der Waals surface area contributed by atoms with Crippen molar-refractivity contribution in [3.63, 3.8) is 0 Å². The van der Waals surface area contributed by atoms with E-state index in [9.17, 15) is 4.79 Å². The number of carbonyl (C=O) groups excluding carboxylic acids is 1. The van der Waals surface area contributed by atoms with Gasteiger partial charge in [-0.05, 0) is 60.7 Å². The van der Waals surface area contributed by atoms with Crippen LogP contribution >= 0.6 is 51.2 Å². The number of rotatable bonds is 7. The van der Waals surface area contributed by atoms with Gasteiger partial charge in [0.15, 0.2) is 10.2 Å².